The van der Waals surface area contributed by atoms with Crippen LogP contribution in [-0.4, -0.2) is 30.1 Å². The zero-order chi connectivity index (χ0) is 14.5. The first kappa shape index (κ1) is 14.6. The fourth-order valence-electron chi connectivity index (χ4n) is 2.33. The Hall–Kier alpha value is -1.78. The quantitative estimate of drug-likeness (QED) is 0.892. The molecule has 2 rings (SSSR count). The Morgan fingerprint density at radius 2 is 2.05 bits per heavy atom. The molecule has 2 N–H and O–H groups in total. The third-order valence-corrected chi connectivity index (χ3v) is 3.56. The molecule has 2 amide bonds. The Labute approximate surface area is 120 Å². The molecule has 1 saturated heterocycles. The Morgan fingerprint density at radius 1 is 1.35 bits per heavy atom. The summed E-state index contributed by atoms with van der Waals surface area (Å²) >= 11 is 0. The zero-order valence-corrected chi connectivity index (χ0v) is 12.5. The summed E-state index contributed by atoms with van der Waals surface area (Å²) in [7, 11) is 0. The molecule has 0 atom stereocenters. The third-order valence-electron chi connectivity index (χ3n) is 3.56. The van der Waals surface area contributed by atoms with E-state index in [0.29, 0.717) is 5.82 Å². The Balaban J connectivity index is 1.91. The average Bonchev–Trinajstić information content (AvgIpc) is 2.39. The predicted molar refractivity (Wildman–Crippen MR) is 82.1 cm³/mol. The van der Waals surface area contributed by atoms with Crippen LogP contribution in [-0.2, 0) is 0 Å². The van der Waals surface area contributed by atoms with Gasteiger partial charge in [0.1, 0.15) is 5.82 Å². The average molecular weight is 276 g/mol. The van der Waals surface area contributed by atoms with Gasteiger partial charge in [-0.3, -0.25) is 5.32 Å². The molecule has 20 heavy (non-hydrogen) atoms. The summed E-state index contributed by atoms with van der Waals surface area (Å²) in [6.07, 6.45) is 4.30. The number of hydrogen-bond acceptors (Lipinski definition) is 3. The predicted octanol–water partition coefficient (Wildman–Crippen LogP) is 2.85. The SMILES string of the molecule is CC1CCN(c2ccc(NC(=O)NC(C)C)nc2)CC1. The maximum atomic E-state index is 11.6. The van der Waals surface area contributed by atoms with Gasteiger partial charge in [-0.05, 0) is 44.7 Å². The largest absolute Gasteiger partial charge is 0.370 e. The van der Waals surface area contributed by atoms with E-state index in [-0.39, 0.29) is 12.1 Å². The number of carbonyl (C=O) groups excluding carboxylic acids is 1. The first-order valence-electron chi connectivity index (χ1n) is 7.33. The van der Waals surface area contributed by atoms with Crippen molar-refractivity contribution in [3.63, 3.8) is 0 Å². The lowest BCUT2D eigenvalue weighted by Crippen LogP contribution is -2.34. The minimum Gasteiger partial charge on any atom is -0.370 e. The number of rotatable bonds is 3. The molecule has 5 heteroatoms. The van der Waals surface area contributed by atoms with Crippen LogP contribution in [0.15, 0.2) is 18.3 Å². The minimum absolute atomic E-state index is 0.115. The summed E-state index contributed by atoms with van der Waals surface area (Å²) in [4.78, 5) is 18.2. The topological polar surface area (TPSA) is 57.3 Å². The maximum Gasteiger partial charge on any atom is 0.320 e. The summed E-state index contributed by atoms with van der Waals surface area (Å²) in [5.41, 5.74) is 1.13. The van der Waals surface area contributed by atoms with Crippen LogP contribution in [0.4, 0.5) is 16.3 Å². The van der Waals surface area contributed by atoms with Gasteiger partial charge in [0.25, 0.3) is 0 Å². The van der Waals surface area contributed by atoms with E-state index in [9.17, 15) is 4.79 Å². The van der Waals surface area contributed by atoms with Crippen LogP contribution in [0.1, 0.15) is 33.6 Å². The number of hydrogen-bond donors (Lipinski definition) is 2. The van der Waals surface area contributed by atoms with E-state index in [1.54, 1.807) is 0 Å². The second kappa shape index (κ2) is 6.59. The number of nitrogens with one attached hydrogen (secondary N) is 2. The second-order valence-corrected chi connectivity index (χ2v) is 5.82. The molecular formula is C15H24N4O. The summed E-state index contributed by atoms with van der Waals surface area (Å²) < 4.78 is 0. The van der Waals surface area contributed by atoms with Crippen LogP contribution < -0.4 is 15.5 Å². The molecule has 110 valence electrons. The summed E-state index contributed by atoms with van der Waals surface area (Å²) in [5, 5.41) is 5.50. The van der Waals surface area contributed by atoms with Crippen molar-refractivity contribution in [1.29, 1.82) is 0 Å². The van der Waals surface area contributed by atoms with Crippen molar-refractivity contribution in [3.05, 3.63) is 18.3 Å². The van der Waals surface area contributed by atoms with E-state index in [2.05, 4.69) is 27.4 Å². The molecule has 0 saturated carbocycles. The van der Waals surface area contributed by atoms with Crippen molar-refractivity contribution in [2.24, 2.45) is 5.92 Å². The van der Waals surface area contributed by atoms with Gasteiger partial charge in [0, 0.05) is 19.1 Å². The van der Waals surface area contributed by atoms with Crippen molar-refractivity contribution in [1.82, 2.24) is 10.3 Å². The minimum atomic E-state index is -0.216. The molecule has 1 aromatic rings. The number of carbonyl (C=O) groups is 1. The van der Waals surface area contributed by atoms with Crippen molar-refractivity contribution in [3.8, 4) is 0 Å². The molecule has 0 radical (unpaired) electrons. The highest BCUT2D eigenvalue weighted by Gasteiger charge is 2.16. The summed E-state index contributed by atoms with van der Waals surface area (Å²) in [5.74, 6) is 1.40. The Bertz CT molecular complexity index is 436. The molecule has 0 bridgehead atoms. The van der Waals surface area contributed by atoms with Crippen molar-refractivity contribution >= 4 is 17.5 Å². The first-order valence-corrected chi connectivity index (χ1v) is 7.33. The van der Waals surface area contributed by atoms with Gasteiger partial charge in [-0.15, -0.1) is 0 Å². The van der Waals surface area contributed by atoms with Gasteiger partial charge < -0.3 is 10.2 Å². The van der Waals surface area contributed by atoms with Gasteiger partial charge in [0.15, 0.2) is 0 Å². The normalized spacial score (nSPS) is 16.3. The zero-order valence-electron chi connectivity index (χ0n) is 12.5. The highest BCUT2D eigenvalue weighted by molar-refractivity contribution is 5.88. The van der Waals surface area contributed by atoms with Gasteiger partial charge in [0.2, 0.25) is 0 Å². The van der Waals surface area contributed by atoms with Gasteiger partial charge >= 0.3 is 6.03 Å². The van der Waals surface area contributed by atoms with Crippen LogP contribution in [0.5, 0.6) is 0 Å². The van der Waals surface area contributed by atoms with E-state index in [4.69, 9.17) is 0 Å². The number of aromatic nitrogens is 1. The summed E-state index contributed by atoms with van der Waals surface area (Å²) in [6, 6.07) is 3.78. The lowest BCUT2D eigenvalue weighted by Gasteiger charge is -2.31. The third kappa shape index (κ3) is 4.11. The molecule has 0 spiro atoms. The fourth-order valence-corrected chi connectivity index (χ4v) is 2.33. The number of anilines is 2. The number of piperidine rings is 1. The van der Waals surface area contributed by atoms with Gasteiger partial charge in [0.05, 0.1) is 11.9 Å². The highest BCUT2D eigenvalue weighted by Crippen LogP contribution is 2.22. The lowest BCUT2D eigenvalue weighted by molar-refractivity contribution is 0.250. The van der Waals surface area contributed by atoms with Crippen LogP contribution in [0.2, 0.25) is 0 Å². The molecule has 5 nitrogen and oxygen atoms in total. The van der Waals surface area contributed by atoms with E-state index < -0.39 is 0 Å². The molecule has 0 unspecified atom stereocenters. The standard InChI is InChI=1S/C15H24N4O/c1-11(2)17-15(20)18-14-5-4-13(10-16-14)19-8-6-12(3)7-9-19/h4-5,10-12H,6-9H2,1-3H3,(H2,16,17,18,20). The summed E-state index contributed by atoms with van der Waals surface area (Å²) in [6.45, 7) is 8.32. The van der Waals surface area contributed by atoms with Crippen molar-refractivity contribution in [2.45, 2.75) is 39.7 Å². The van der Waals surface area contributed by atoms with Crippen LogP contribution in [0.3, 0.4) is 0 Å². The Morgan fingerprint density at radius 3 is 2.60 bits per heavy atom. The van der Waals surface area contributed by atoms with Crippen LogP contribution in [0, 0.1) is 5.92 Å². The smallest absolute Gasteiger partial charge is 0.320 e. The molecule has 0 aliphatic carbocycles. The van der Waals surface area contributed by atoms with E-state index in [1.165, 1.54) is 12.8 Å². The molecule has 1 fully saturated rings. The van der Waals surface area contributed by atoms with E-state index >= 15 is 0 Å². The number of urea groups is 1. The van der Waals surface area contributed by atoms with Crippen molar-refractivity contribution in [2.75, 3.05) is 23.3 Å². The molecule has 0 aromatic carbocycles. The molecule has 1 aliphatic heterocycles. The number of nitrogens with zero attached hydrogens (tertiary/aromatic N) is 2. The van der Waals surface area contributed by atoms with Gasteiger partial charge in [-0.1, -0.05) is 6.92 Å². The van der Waals surface area contributed by atoms with Gasteiger partial charge in [-0.2, -0.15) is 0 Å². The number of pyridine rings is 1. The van der Waals surface area contributed by atoms with E-state index in [1.807, 2.05) is 32.2 Å². The lowest BCUT2D eigenvalue weighted by atomic mass is 9.99. The number of amides is 2. The molecule has 1 aliphatic rings. The maximum absolute atomic E-state index is 11.6. The molecule has 1 aromatic heterocycles. The molecular weight excluding hydrogens is 252 g/mol. The monoisotopic (exact) mass is 276 g/mol. The van der Waals surface area contributed by atoms with Crippen LogP contribution in [0.25, 0.3) is 0 Å². The van der Waals surface area contributed by atoms with E-state index in [0.717, 1.165) is 24.7 Å². The first-order chi connectivity index (χ1) is 9.54. The van der Waals surface area contributed by atoms with Gasteiger partial charge in [-0.25, -0.2) is 9.78 Å². The van der Waals surface area contributed by atoms with Crippen molar-refractivity contribution < 1.29 is 4.79 Å². The fraction of sp³-hybridized carbons (Fsp3) is 0.600. The Kier molecular flexibility index (Phi) is 4.82. The second-order valence-electron chi connectivity index (χ2n) is 5.82. The highest BCUT2D eigenvalue weighted by atomic mass is 16.2. The molecule has 2 heterocycles. The van der Waals surface area contributed by atoms with Crippen LogP contribution >= 0.6 is 0 Å².